The van der Waals surface area contributed by atoms with Crippen molar-refractivity contribution in [3.8, 4) is 0 Å². The fourth-order valence-corrected chi connectivity index (χ4v) is 2.37. The Morgan fingerprint density at radius 2 is 2.24 bits per heavy atom. The van der Waals surface area contributed by atoms with Crippen LogP contribution >= 0.6 is 0 Å². The molecule has 0 saturated carbocycles. The molecule has 3 heteroatoms. The standard InChI is InChI=1S/C14H23N3/c1-11(2)14-7-6-13(9-16-14)17-8-4-5-12(10-17)15-3/h6-7,9,11-12,15H,4-5,8,10H2,1-3H3/t12-/m0/s1. The predicted molar refractivity (Wildman–Crippen MR) is 72.6 cm³/mol. The first kappa shape index (κ1) is 12.4. The summed E-state index contributed by atoms with van der Waals surface area (Å²) in [6.45, 7) is 6.61. The molecule has 0 aromatic carbocycles. The van der Waals surface area contributed by atoms with Gasteiger partial charge in [0.15, 0.2) is 0 Å². The van der Waals surface area contributed by atoms with E-state index < -0.39 is 0 Å². The summed E-state index contributed by atoms with van der Waals surface area (Å²) < 4.78 is 0. The molecule has 0 bridgehead atoms. The lowest BCUT2D eigenvalue weighted by Crippen LogP contribution is -2.44. The third-order valence-corrected chi connectivity index (χ3v) is 3.56. The summed E-state index contributed by atoms with van der Waals surface area (Å²) in [6.07, 6.45) is 4.56. The van der Waals surface area contributed by atoms with E-state index in [0.29, 0.717) is 12.0 Å². The Balaban J connectivity index is 2.06. The number of nitrogens with one attached hydrogen (secondary N) is 1. The zero-order chi connectivity index (χ0) is 12.3. The van der Waals surface area contributed by atoms with Crippen molar-refractivity contribution >= 4 is 5.69 Å². The Hall–Kier alpha value is -1.09. The van der Waals surface area contributed by atoms with E-state index in [1.165, 1.54) is 24.2 Å². The topological polar surface area (TPSA) is 28.2 Å². The molecule has 0 unspecified atom stereocenters. The Kier molecular flexibility index (Phi) is 4.00. The fraction of sp³-hybridized carbons (Fsp3) is 0.643. The molecule has 1 aromatic heterocycles. The second-order valence-electron chi connectivity index (χ2n) is 5.17. The molecule has 1 aliphatic rings. The number of likely N-dealkylation sites (N-methyl/N-ethyl adjacent to an activating group) is 1. The van der Waals surface area contributed by atoms with Gasteiger partial charge >= 0.3 is 0 Å². The lowest BCUT2D eigenvalue weighted by molar-refractivity contribution is 0.449. The SMILES string of the molecule is CN[C@H]1CCCN(c2ccc(C(C)C)nc2)C1. The largest absolute Gasteiger partial charge is 0.369 e. The van der Waals surface area contributed by atoms with Gasteiger partial charge in [0, 0.05) is 24.8 Å². The number of nitrogens with zero attached hydrogens (tertiary/aromatic N) is 2. The number of anilines is 1. The lowest BCUT2D eigenvalue weighted by atomic mass is 10.1. The molecule has 0 radical (unpaired) electrons. The minimum atomic E-state index is 0.510. The van der Waals surface area contributed by atoms with E-state index in [1.54, 1.807) is 0 Å². The van der Waals surface area contributed by atoms with Gasteiger partial charge in [0.25, 0.3) is 0 Å². The van der Waals surface area contributed by atoms with E-state index in [2.05, 4.69) is 41.2 Å². The summed E-state index contributed by atoms with van der Waals surface area (Å²) in [4.78, 5) is 6.97. The molecule has 3 nitrogen and oxygen atoms in total. The highest BCUT2D eigenvalue weighted by atomic mass is 15.2. The van der Waals surface area contributed by atoms with Crippen LogP contribution in [0.4, 0.5) is 5.69 Å². The van der Waals surface area contributed by atoms with Gasteiger partial charge in [-0.3, -0.25) is 4.98 Å². The second kappa shape index (κ2) is 5.50. The molecule has 17 heavy (non-hydrogen) atoms. The molecule has 1 saturated heterocycles. The average molecular weight is 233 g/mol. The number of piperidine rings is 1. The Bertz CT molecular complexity index is 345. The zero-order valence-corrected chi connectivity index (χ0v) is 11.1. The van der Waals surface area contributed by atoms with Crippen molar-refractivity contribution in [1.82, 2.24) is 10.3 Å². The first-order valence-electron chi connectivity index (χ1n) is 6.59. The first-order valence-corrected chi connectivity index (χ1v) is 6.59. The van der Waals surface area contributed by atoms with Gasteiger partial charge in [-0.25, -0.2) is 0 Å². The molecule has 0 aliphatic carbocycles. The Morgan fingerprint density at radius 1 is 1.41 bits per heavy atom. The van der Waals surface area contributed by atoms with E-state index in [1.807, 2.05) is 13.2 Å². The van der Waals surface area contributed by atoms with Crippen LogP contribution in [0.25, 0.3) is 0 Å². The zero-order valence-electron chi connectivity index (χ0n) is 11.1. The maximum absolute atomic E-state index is 4.54. The minimum absolute atomic E-state index is 0.510. The number of pyridine rings is 1. The Labute approximate surface area is 104 Å². The van der Waals surface area contributed by atoms with E-state index in [4.69, 9.17) is 0 Å². The predicted octanol–water partition coefficient (Wildman–Crippen LogP) is 2.39. The summed E-state index contributed by atoms with van der Waals surface area (Å²) in [5, 5.41) is 3.37. The van der Waals surface area contributed by atoms with Crippen molar-refractivity contribution in [3.05, 3.63) is 24.0 Å². The molecule has 0 amide bonds. The average Bonchev–Trinajstić information content (AvgIpc) is 2.39. The van der Waals surface area contributed by atoms with Crippen molar-refractivity contribution in [2.45, 2.75) is 38.6 Å². The van der Waals surface area contributed by atoms with Crippen molar-refractivity contribution in [1.29, 1.82) is 0 Å². The molecule has 1 aliphatic heterocycles. The lowest BCUT2D eigenvalue weighted by Gasteiger charge is -2.34. The van der Waals surface area contributed by atoms with Gasteiger partial charge in [-0.1, -0.05) is 13.8 Å². The summed E-state index contributed by atoms with van der Waals surface area (Å²) >= 11 is 0. The van der Waals surface area contributed by atoms with Crippen molar-refractivity contribution in [2.75, 3.05) is 25.0 Å². The number of hydrogen-bond donors (Lipinski definition) is 1. The van der Waals surface area contributed by atoms with Crippen molar-refractivity contribution < 1.29 is 0 Å². The highest BCUT2D eigenvalue weighted by molar-refractivity contribution is 5.45. The van der Waals surface area contributed by atoms with Crippen LogP contribution in [0.3, 0.4) is 0 Å². The van der Waals surface area contributed by atoms with Crippen LogP contribution < -0.4 is 10.2 Å². The number of rotatable bonds is 3. The number of hydrogen-bond acceptors (Lipinski definition) is 3. The van der Waals surface area contributed by atoms with Crippen LogP contribution in [-0.4, -0.2) is 31.2 Å². The van der Waals surface area contributed by atoms with Crippen LogP contribution in [0.15, 0.2) is 18.3 Å². The molecular formula is C14H23N3. The highest BCUT2D eigenvalue weighted by Crippen LogP contribution is 2.21. The first-order chi connectivity index (χ1) is 8.20. The Morgan fingerprint density at radius 3 is 2.82 bits per heavy atom. The normalized spacial score (nSPS) is 20.9. The molecule has 1 atom stereocenters. The molecule has 94 valence electrons. The van der Waals surface area contributed by atoms with Gasteiger partial charge in [0.05, 0.1) is 11.9 Å². The van der Waals surface area contributed by atoms with Crippen LogP contribution in [0.5, 0.6) is 0 Å². The van der Waals surface area contributed by atoms with E-state index in [-0.39, 0.29) is 0 Å². The molecule has 2 rings (SSSR count). The quantitative estimate of drug-likeness (QED) is 0.869. The van der Waals surface area contributed by atoms with Gasteiger partial charge in [0.1, 0.15) is 0 Å². The van der Waals surface area contributed by atoms with Crippen LogP contribution in [0.1, 0.15) is 38.3 Å². The van der Waals surface area contributed by atoms with Crippen LogP contribution in [0, 0.1) is 0 Å². The van der Waals surface area contributed by atoms with Crippen molar-refractivity contribution in [3.63, 3.8) is 0 Å². The van der Waals surface area contributed by atoms with Gasteiger partial charge in [-0.2, -0.15) is 0 Å². The summed E-state index contributed by atoms with van der Waals surface area (Å²) in [5.41, 5.74) is 2.44. The third kappa shape index (κ3) is 2.97. The molecule has 1 N–H and O–H groups in total. The molecule has 1 fully saturated rings. The van der Waals surface area contributed by atoms with Crippen LogP contribution in [-0.2, 0) is 0 Å². The van der Waals surface area contributed by atoms with E-state index >= 15 is 0 Å². The summed E-state index contributed by atoms with van der Waals surface area (Å²) in [5.74, 6) is 0.510. The molecule has 2 heterocycles. The second-order valence-corrected chi connectivity index (χ2v) is 5.17. The minimum Gasteiger partial charge on any atom is -0.369 e. The maximum Gasteiger partial charge on any atom is 0.0553 e. The molecule has 1 aromatic rings. The van der Waals surface area contributed by atoms with Gasteiger partial charge in [-0.15, -0.1) is 0 Å². The smallest absolute Gasteiger partial charge is 0.0553 e. The molecule has 0 spiro atoms. The van der Waals surface area contributed by atoms with Crippen LogP contribution in [0.2, 0.25) is 0 Å². The maximum atomic E-state index is 4.54. The van der Waals surface area contributed by atoms with Gasteiger partial charge in [0.2, 0.25) is 0 Å². The van der Waals surface area contributed by atoms with Gasteiger partial charge in [-0.05, 0) is 37.9 Å². The van der Waals surface area contributed by atoms with E-state index in [9.17, 15) is 0 Å². The van der Waals surface area contributed by atoms with E-state index in [0.717, 1.165) is 13.1 Å². The third-order valence-electron chi connectivity index (χ3n) is 3.56. The summed E-state index contributed by atoms with van der Waals surface area (Å²) in [6, 6.07) is 4.98. The monoisotopic (exact) mass is 233 g/mol. The molecular weight excluding hydrogens is 210 g/mol. The van der Waals surface area contributed by atoms with Gasteiger partial charge < -0.3 is 10.2 Å². The highest BCUT2D eigenvalue weighted by Gasteiger charge is 2.18. The van der Waals surface area contributed by atoms with Crippen molar-refractivity contribution in [2.24, 2.45) is 0 Å². The summed E-state index contributed by atoms with van der Waals surface area (Å²) in [7, 11) is 2.05. The number of aromatic nitrogens is 1. The fourth-order valence-electron chi connectivity index (χ4n) is 2.37.